The Morgan fingerprint density at radius 3 is 2.29 bits per heavy atom. The molecule has 0 fully saturated rings. The molecule has 0 radical (unpaired) electrons. The molecule has 2 N–H and O–H groups in total. The molecule has 5 heteroatoms. The number of carbonyl (C=O) groups excluding carboxylic acids is 1. The average Bonchev–Trinajstić information content (AvgIpc) is 2.56. The predicted molar refractivity (Wildman–Crippen MR) is 92.9 cm³/mol. The summed E-state index contributed by atoms with van der Waals surface area (Å²) >= 11 is 0. The van der Waals surface area contributed by atoms with E-state index in [1.807, 2.05) is 13.8 Å². The van der Waals surface area contributed by atoms with Crippen LogP contribution in [0.5, 0.6) is 5.75 Å². The Balaban J connectivity index is 2.08. The van der Waals surface area contributed by atoms with Crippen LogP contribution in [0.25, 0.3) is 0 Å². The third-order valence-electron chi connectivity index (χ3n) is 3.75. The smallest absolute Gasteiger partial charge is 0.335 e. The van der Waals surface area contributed by atoms with Crippen molar-refractivity contribution >= 4 is 17.6 Å². The first kappa shape index (κ1) is 17.5. The van der Waals surface area contributed by atoms with Crippen molar-refractivity contribution in [1.82, 2.24) is 0 Å². The second-order valence-electron chi connectivity index (χ2n) is 5.65. The van der Waals surface area contributed by atoms with Crippen molar-refractivity contribution in [2.45, 2.75) is 33.3 Å². The molecule has 2 aromatic rings. The number of anilines is 1. The van der Waals surface area contributed by atoms with E-state index >= 15 is 0 Å². The zero-order valence-corrected chi connectivity index (χ0v) is 14.0. The summed E-state index contributed by atoms with van der Waals surface area (Å²) < 4.78 is 5.68. The van der Waals surface area contributed by atoms with Gasteiger partial charge in [0, 0.05) is 11.3 Å². The summed E-state index contributed by atoms with van der Waals surface area (Å²) in [4.78, 5) is 23.2. The molecular formula is C19H21NO4. The van der Waals surface area contributed by atoms with E-state index in [1.54, 1.807) is 37.3 Å². The number of nitrogens with one attached hydrogen (secondary N) is 1. The summed E-state index contributed by atoms with van der Waals surface area (Å²) in [5.41, 5.74) is 1.98. The normalized spacial score (nSPS) is 11.6. The third-order valence-corrected chi connectivity index (χ3v) is 3.75. The van der Waals surface area contributed by atoms with Gasteiger partial charge in [0.1, 0.15) is 5.75 Å². The minimum absolute atomic E-state index is 0.125. The van der Waals surface area contributed by atoms with Crippen LogP contribution in [-0.4, -0.2) is 23.1 Å². The molecule has 126 valence electrons. The number of aryl methyl sites for hydroxylation is 1. The van der Waals surface area contributed by atoms with E-state index in [0.717, 1.165) is 12.2 Å². The van der Waals surface area contributed by atoms with E-state index < -0.39 is 5.97 Å². The van der Waals surface area contributed by atoms with Crippen LogP contribution in [0.2, 0.25) is 0 Å². The lowest BCUT2D eigenvalue weighted by atomic mass is 10.1. The van der Waals surface area contributed by atoms with Gasteiger partial charge < -0.3 is 15.2 Å². The molecule has 2 rings (SSSR count). The highest BCUT2D eigenvalue weighted by atomic mass is 16.5. The van der Waals surface area contributed by atoms with E-state index in [2.05, 4.69) is 5.32 Å². The molecule has 0 bridgehead atoms. The molecule has 2 aromatic carbocycles. The van der Waals surface area contributed by atoms with Gasteiger partial charge in [-0.1, -0.05) is 6.92 Å². The topological polar surface area (TPSA) is 75.6 Å². The molecule has 0 saturated carbocycles. The van der Waals surface area contributed by atoms with Gasteiger partial charge in [0.05, 0.1) is 11.7 Å². The van der Waals surface area contributed by atoms with Crippen molar-refractivity contribution in [3.05, 3.63) is 59.2 Å². The van der Waals surface area contributed by atoms with Crippen LogP contribution in [0.3, 0.4) is 0 Å². The maximum atomic E-state index is 12.3. The minimum Gasteiger partial charge on any atom is -0.491 e. The van der Waals surface area contributed by atoms with Gasteiger partial charge in [-0.2, -0.15) is 0 Å². The highest BCUT2D eigenvalue weighted by Crippen LogP contribution is 2.19. The largest absolute Gasteiger partial charge is 0.491 e. The summed E-state index contributed by atoms with van der Waals surface area (Å²) in [5, 5.41) is 11.8. The molecule has 0 heterocycles. The number of carbonyl (C=O) groups is 2. The van der Waals surface area contributed by atoms with Crippen LogP contribution in [-0.2, 0) is 0 Å². The number of benzene rings is 2. The van der Waals surface area contributed by atoms with Crippen LogP contribution in [0.15, 0.2) is 42.5 Å². The molecule has 24 heavy (non-hydrogen) atoms. The molecule has 0 aliphatic rings. The fourth-order valence-corrected chi connectivity index (χ4v) is 2.13. The van der Waals surface area contributed by atoms with Gasteiger partial charge in [0.2, 0.25) is 0 Å². The number of hydrogen-bond donors (Lipinski definition) is 2. The Bertz CT molecular complexity index is 738. The monoisotopic (exact) mass is 327 g/mol. The maximum absolute atomic E-state index is 12.3. The molecule has 1 atom stereocenters. The van der Waals surface area contributed by atoms with Crippen molar-refractivity contribution < 1.29 is 19.4 Å². The summed E-state index contributed by atoms with van der Waals surface area (Å²) in [5.74, 6) is -0.521. The van der Waals surface area contributed by atoms with Crippen molar-refractivity contribution in [3.8, 4) is 5.75 Å². The van der Waals surface area contributed by atoms with Gasteiger partial charge in [-0.15, -0.1) is 0 Å². The van der Waals surface area contributed by atoms with E-state index in [4.69, 9.17) is 9.84 Å². The summed E-state index contributed by atoms with van der Waals surface area (Å²) in [7, 11) is 0. The number of carboxylic acid groups (broad SMARTS) is 1. The summed E-state index contributed by atoms with van der Waals surface area (Å²) in [6.07, 6.45) is 1.04. The first-order valence-electron chi connectivity index (χ1n) is 7.82. The standard InChI is InChI=1S/C19H21NO4/c1-4-13(3)24-16-8-5-14(6-9-16)18(21)20-17-10-7-15(19(22)23)11-12(17)2/h5-11,13H,4H2,1-3H3,(H,20,21)(H,22,23)/t13-/m0/s1. The van der Waals surface area contributed by atoms with Crippen molar-refractivity contribution in [2.75, 3.05) is 5.32 Å². The number of carboxylic acids is 1. The molecule has 1 amide bonds. The van der Waals surface area contributed by atoms with Crippen LogP contribution >= 0.6 is 0 Å². The number of aromatic carboxylic acids is 1. The minimum atomic E-state index is -0.993. The average molecular weight is 327 g/mol. The molecule has 0 aromatic heterocycles. The molecule has 5 nitrogen and oxygen atoms in total. The van der Waals surface area contributed by atoms with Gasteiger partial charge in [0.15, 0.2) is 0 Å². The highest BCUT2D eigenvalue weighted by molar-refractivity contribution is 6.05. The number of rotatable bonds is 6. The Hall–Kier alpha value is -2.82. The van der Waals surface area contributed by atoms with Gasteiger partial charge in [-0.3, -0.25) is 4.79 Å². The molecule has 0 aliphatic carbocycles. The Kier molecular flexibility index (Phi) is 5.58. The number of hydrogen-bond acceptors (Lipinski definition) is 3. The Morgan fingerprint density at radius 1 is 1.12 bits per heavy atom. The number of ether oxygens (including phenoxy) is 1. The van der Waals surface area contributed by atoms with E-state index in [1.165, 1.54) is 12.1 Å². The zero-order chi connectivity index (χ0) is 17.7. The van der Waals surface area contributed by atoms with Gasteiger partial charge in [-0.25, -0.2) is 4.79 Å². The molecule has 0 saturated heterocycles. The Labute approximate surface area is 141 Å². The molecule has 0 spiro atoms. The SMILES string of the molecule is CC[C@H](C)Oc1ccc(C(=O)Nc2ccc(C(=O)O)cc2C)cc1. The quantitative estimate of drug-likeness (QED) is 0.836. The van der Waals surface area contributed by atoms with Gasteiger partial charge >= 0.3 is 5.97 Å². The van der Waals surface area contributed by atoms with Gasteiger partial charge in [0.25, 0.3) is 5.91 Å². The van der Waals surface area contributed by atoms with Crippen LogP contribution in [0.1, 0.15) is 46.5 Å². The third kappa shape index (κ3) is 4.35. The molecular weight excluding hydrogens is 306 g/mol. The van der Waals surface area contributed by atoms with E-state index in [0.29, 0.717) is 16.8 Å². The predicted octanol–water partition coefficient (Wildman–Crippen LogP) is 4.12. The van der Waals surface area contributed by atoms with Crippen molar-refractivity contribution in [3.63, 3.8) is 0 Å². The molecule has 0 aliphatic heterocycles. The maximum Gasteiger partial charge on any atom is 0.335 e. The van der Waals surface area contributed by atoms with Gasteiger partial charge in [-0.05, 0) is 68.3 Å². The van der Waals surface area contributed by atoms with Crippen molar-refractivity contribution in [1.29, 1.82) is 0 Å². The zero-order valence-electron chi connectivity index (χ0n) is 14.0. The first-order valence-corrected chi connectivity index (χ1v) is 7.82. The summed E-state index contributed by atoms with van der Waals surface area (Å²) in [6.45, 7) is 5.79. The summed E-state index contributed by atoms with van der Waals surface area (Å²) in [6, 6.07) is 11.5. The Morgan fingerprint density at radius 2 is 1.75 bits per heavy atom. The fraction of sp³-hybridized carbons (Fsp3) is 0.263. The second-order valence-corrected chi connectivity index (χ2v) is 5.65. The molecule has 0 unspecified atom stereocenters. The van der Waals surface area contributed by atoms with Crippen molar-refractivity contribution in [2.24, 2.45) is 0 Å². The fourth-order valence-electron chi connectivity index (χ4n) is 2.13. The number of amides is 1. The lowest BCUT2D eigenvalue weighted by Crippen LogP contribution is -2.13. The second kappa shape index (κ2) is 7.64. The lowest BCUT2D eigenvalue weighted by molar-refractivity contribution is 0.0696. The van der Waals surface area contributed by atoms with Crippen LogP contribution < -0.4 is 10.1 Å². The van der Waals surface area contributed by atoms with Crippen LogP contribution in [0.4, 0.5) is 5.69 Å². The van der Waals surface area contributed by atoms with E-state index in [9.17, 15) is 9.59 Å². The first-order chi connectivity index (χ1) is 11.4. The highest BCUT2D eigenvalue weighted by Gasteiger charge is 2.10. The lowest BCUT2D eigenvalue weighted by Gasteiger charge is -2.13. The van der Waals surface area contributed by atoms with Crippen LogP contribution in [0, 0.1) is 6.92 Å². The van der Waals surface area contributed by atoms with E-state index in [-0.39, 0.29) is 17.6 Å².